The van der Waals surface area contributed by atoms with Gasteiger partial charge in [-0.2, -0.15) is 0 Å². The molecule has 2 nitrogen and oxygen atoms in total. The summed E-state index contributed by atoms with van der Waals surface area (Å²) in [5.41, 5.74) is 0. The molecule has 0 aromatic rings. The molecule has 0 aromatic carbocycles. The van der Waals surface area contributed by atoms with Gasteiger partial charge in [0.2, 0.25) is 0 Å². The predicted molar refractivity (Wildman–Crippen MR) is 51.3 cm³/mol. The first-order valence-corrected chi connectivity index (χ1v) is 5.86. The fourth-order valence-electron chi connectivity index (χ4n) is 0.732. The van der Waals surface area contributed by atoms with Crippen LogP contribution in [0.3, 0.4) is 0 Å². The van der Waals surface area contributed by atoms with Crippen molar-refractivity contribution in [1.82, 2.24) is 5.32 Å². The maximum absolute atomic E-state index is 10.6. The molecular weight excluding hydrogens is 158 g/mol. The van der Waals surface area contributed by atoms with E-state index in [-0.39, 0.29) is 0 Å². The molecule has 68 valence electrons. The highest BCUT2D eigenvalue weighted by Crippen LogP contribution is 1.95. The van der Waals surface area contributed by atoms with Crippen molar-refractivity contribution in [2.75, 3.05) is 25.1 Å². The summed E-state index contributed by atoms with van der Waals surface area (Å²) in [6.45, 7) is 6.35. The monoisotopic (exact) mass is 177 g/mol. The molecule has 1 atom stereocenters. The number of rotatable bonds is 6. The summed E-state index contributed by atoms with van der Waals surface area (Å²) in [6.07, 6.45) is 2.94. The molecule has 0 aliphatic heterocycles. The van der Waals surface area contributed by atoms with E-state index >= 15 is 0 Å². The normalized spacial score (nSPS) is 13.8. The Morgan fingerprint density at radius 3 is 2.45 bits per heavy atom. The van der Waals surface area contributed by atoms with E-state index in [0.717, 1.165) is 24.8 Å². The van der Waals surface area contributed by atoms with E-state index < -0.39 is 10.8 Å². The molecular formula is C8H19NOS. The highest BCUT2D eigenvalue weighted by molar-refractivity contribution is 7.84. The molecule has 0 aromatic heterocycles. The molecule has 0 aliphatic rings. The number of nitrogens with one attached hydrogen (secondary N) is 1. The minimum atomic E-state index is -0.642. The van der Waals surface area contributed by atoms with Gasteiger partial charge in [-0.05, 0) is 18.9 Å². The Labute approximate surface area is 72.2 Å². The van der Waals surface area contributed by atoms with E-state index in [1.807, 2.05) is 0 Å². The van der Waals surface area contributed by atoms with Gasteiger partial charge in [-0.3, -0.25) is 4.21 Å². The lowest BCUT2D eigenvalue weighted by Gasteiger charge is -2.05. The highest BCUT2D eigenvalue weighted by Gasteiger charge is 1.93. The predicted octanol–water partition coefficient (Wildman–Crippen LogP) is 1.00. The molecule has 11 heavy (non-hydrogen) atoms. The highest BCUT2D eigenvalue weighted by atomic mass is 32.2. The van der Waals surface area contributed by atoms with Gasteiger partial charge < -0.3 is 5.32 Å². The second-order valence-corrected chi connectivity index (χ2v) is 4.76. The van der Waals surface area contributed by atoms with Gasteiger partial charge in [0.05, 0.1) is 0 Å². The van der Waals surface area contributed by atoms with Crippen LogP contribution in [-0.4, -0.2) is 29.3 Å². The molecule has 1 unspecified atom stereocenters. The van der Waals surface area contributed by atoms with Gasteiger partial charge in [-0.25, -0.2) is 0 Å². The van der Waals surface area contributed by atoms with E-state index in [4.69, 9.17) is 0 Å². The van der Waals surface area contributed by atoms with Gasteiger partial charge in [0.1, 0.15) is 0 Å². The summed E-state index contributed by atoms with van der Waals surface area (Å²) in [5.74, 6) is 1.53. The first kappa shape index (κ1) is 11.1. The molecule has 0 bridgehead atoms. The summed E-state index contributed by atoms with van der Waals surface area (Å²) in [7, 11) is -0.642. The van der Waals surface area contributed by atoms with Crippen molar-refractivity contribution >= 4 is 10.8 Å². The van der Waals surface area contributed by atoms with Crippen molar-refractivity contribution in [2.45, 2.75) is 20.3 Å². The zero-order chi connectivity index (χ0) is 8.69. The molecule has 0 amide bonds. The van der Waals surface area contributed by atoms with Gasteiger partial charge >= 0.3 is 0 Å². The largest absolute Gasteiger partial charge is 0.316 e. The summed E-state index contributed by atoms with van der Waals surface area (Å²) in [5, 5.41) is 3.26. The molecule has 0 fully saturated rings. The molecule has 0 radical (unpaired) electrons. The van der Waals surface area contributed by atoms with Gasteiger partial charge in [0, 0.05) is 29.4 Å². The van der Waals surface area contributed by atoms with Crippen LogP contribution in [0, 0.1) is 5.92 Å². The third kappa shape index (κ3) is 10.1. The Kier molecular flexibility index (Phi) is 6.87. The average molecular weight is 177 g/mol. The van der Waals surface area contributed by atoms with Gasteiger partial charge in [0.25, 0.3) is 0 Å². The quantitative estimate of drug-likeness (QED) is 0.613. The molecule has 0 heterocycles. The van der Waals surface area contributed by atoms with Crippen molar-refractivity contribution in [1.29, 1.82) is 0 Å². The van der Waals surface area contributed by atoms with Crippen LogP contribution >= 0.6 is 0 Å². The number of hydrogen-bond donors (Lipinski definition) is 1. The summed E-state index contributed by atoms with van der Waals surface area (Å²) in [6, 6.07) is 0. The molecule has 1 N–H and O–H groups in total. The van der Waals surface area contributed by atoms with Crippen LogP contribution in [0.15, 0.2) is 0 Å². The first-order valence-electron chi connectivity index (χ1n) is 4.13. The van der Waals surface area contributed by atoms with Crippen molar-refractivity contribution in [3.63, 3.8) is 0 Å². The Morgan fingerprint density at radius 1 is 1.36 bits per heavy atom. The van der Waals surface area contributed by atoms with Gasteiger partial charge in [-0.15, -0.1) is 0 Å². The van der Waals surface area contributed by atoms with E-state index in [9.17, 15) is 4.21 Å². The Bertz CT molecular complexity index is 115. The average Bonchev–Trinajstić information content (AvgIpc) is 1.85. The Hall–Kier alpha value is 0.110. The zero-order valence-corrected chi connectivity index (χ0v) is 8.54. The summed E-state index contributed by atoms with van der Waals surface area (Å²) in [4.78, 5) is 0. The maximum Gasteiger partial charge on any atom is 0.0357 e. The molecule has 0 aliphatic carbocycles. The summed E-state index contributed by atoms with van der Waals surface area (Å²) >= 11 is 0. The smallest absolute Gasteiger partial charge is 0.0357 e. The van der Waals surface area contributed by atoms with E-state index in [1.165, 1.54) is 6.42 Å². The fraction of sp³-hybridized carbons (Fsp3) is 1.00. The minimum Gasteiger partial charge on any atom is -0.316 e. The topological polar surface area (TPSA) is 29.1 Å². The van der Waals surface area contributed by atoms with Crippen LogP contribution in [0.25, 0.3) is 0 Å². The summed E-state index contributed by atoms with van der Waals surface area (Å²) < 4.78 is 10.6. The first-order chi connectivity index (χ1) is 5.13. The third-order valence-electron chi connectivity index (χ3n) is 1.46. The lowest BCUT2D eigenvalue weighted by atomic mass is 10.1. The van der Waals surface area contributed by atoms with Crippen molar-refractivity contribution in [3.8, 4) is 0 Å². The van der Waals surface area contributed by atoms with Gasteiger partial charge in [-0.1, -0.05) is 13.8 Å². The molecule has 0 saturated carbocycles. The van der Waals surface area contributed by atoms with Crippen LogP contribution < -0.4 is 5.32 Å². The van der Waals surface area contributed by atoms with Gasteiger partial charge in [0.15, 0.2) is 0 Å². The fourth-order valence-corrected chi connectivity index (χ4v) is 1.16. The molecule has 0 saturated heterocycles. The third-order valence-corrected chi connectivity index (χ3v) is 2.24. The maximum atomic E-state index is 10.6. The van der Waals surface area contributed by atoms with Crippen LogP contribution in [0.1, 0.15) is 20.3 Å². The van der Waals surface area contributed by atoms with Crippen LogP contribution in [-0.2, 0) is 10.8 Å². The SMILES string of the molecule is CC(C)CCNCCS(C)=O. The zero-order valence-electron chi connectivity index (χ0n) is 7.72. The second kappa shape index (κ2) is 6.80. The second-order valence-electron chi connectivity index (χ2n) is 3.21. The number of hydrogen-bond acceptors (Lipinski definition) is 2. The molecule has 0 spiro atoms. The molecule has 0 rings (SSSR count). The van der Waals surface area contributed by atoms with E-state index in [0.29, 0.717) is 0 Å². The lowest BCUT2D eigenvalue weighted by molar-refractivity contribution is 0.546. The molecule has 3 heteroatoms. The van der Waals surface area contributed by atoms with Crippen molar-refractivity contribution in [2.24, 2.45) is 5.92 Å². The minimum absolute atomic E-state index is 0.642. The van der Waals surface area contributed by atoms with Crippen LogP contribution in [0.4, 0.5) is 0 Å². The Morgan fingerprint density at radius 2 is 2.00 bits per heavy atom. The van der Waals surface area contributed by atoms with Crippen molar-refractivity contribution < 1.29 is 4.21 Å². The van der Waals surface area contributed by atoms with Crippen molar-refractivity contribution in [3.05, 3.63) is 0 Å². The van der Waals surface area contributed by atoms with E-state index in [2.05, 4.69) is 19.2 Å². The van der Waals surface area contributed by atoms with E-state index in [1.54, 1.807) is 6.26 Å². The standard InChI is InChI=1S/C8H19NOS/c1-8(2)4-5-9-6-7-11(3)10/h8-9H,4-7H2,1-3H3. The lowest BCUT2D eigenvalue weighted by Crippen LogP contribution is -2.22. The van der Waals surface area contributed by atoms with Crippen LogP contribution in [0.2, 0.25) is 0 Å². The van der Waals surface area contributed by atoms with Crippen LogP contribution in [0.5, 0.6) is 0 Å². The Balaban J connectivity index is 2.97.